The molecule has 1 rings (SSSR count). The largest absolute Gasteiger partial charge is 0.319 e. The fourth-order valence-corrected chi connectivity index (χ4v) is 3.10. The van der Waals surface area contributed by atoms with Crippen molar-refractivity contribution in [2.75, 3.05) is 13.6 Å². The van der Waals surface area contributed by atoms with Gasteiger partial charge in [0.15, 0.2) is 0 Å². The van der Waals surface area contributed by atoms with Crippen molar-refractivity contribution in [2.45, 2.75) is 13.3 Å². The second-order valence-corrected chi connectivity index (χ2v) is 5.71. The minimum atomic E-state index is 0.152. The highest BCUT2D eigenvalue weighted by molar-refractivity contribution is 9.10. The first-order valence-corrected chi connectivity index (χ1v) is 6.28. The van der Waals surface area contributed by atoms with Crippen molar-refractivity contribution in [3.63, 3.8) is 0 Å². The lowest BCUT2D eigenvalue weighted by Gasteiger charge is -2.24. The molecule has 0 bridgehead atoms. The van der Waals surface area contributed by atoms with Gasteiger partial charge < -0.3 is 5.32 Å². The van der Waals surface area contributed by atoms with E-state index in [2.05, 4.69) is 46.2 Å². The minimum absolute atomic E-state index is 0.152. The quantitative estimate of drug-likeness (QED) is 0.811. The summed E-state index contributed by atoms with van der Waals surface area (Å²) >= 11 is 5.26. The molecule has 1 aromatic heterocycles. The van der Waals surface area contributed by atoms with E-state index in [1.165, 1.54) is 9.35 Å². The maximum Gasteiger partial charge on any atom is 0.0285 e. The van der Waals surface area contributed by atoms with E-state index in [4.69, 9.17) is 0 Å². The Hall–Kier alpha value is -0.120. The van der Waals surface area contributed by atoms with Crippen LogP contribution in [-0.2, 0) is 6.42 Å². The Kier molecular flexibility index (Phi) is 4.35. The molecule has 0 amide bonds. The highest BCUT2D eigenvalue weighted by Gasteiger charge is 2.20. The molecule has 1 atom stereocenters. The second-order valence-electron chi connectivity index (χ2n) is 3.80. The molecule has 1 heterocycles. The van der Waals surface area contributed by atoms with Gasteiger partial charge in [-0.05, 0) is 35.5 Å². The van der Waals surface area contributed by atoms with Crippen LogP contribution in [0, 0.1) is 5.41 Å². The van der Waals surface area contributed by atoms with Crippen molar-refractivity contribution < 1.29 is 0 Å². The normalized spacial score (nSPS) is 15.1. The highest BCUT2D eigenvalue weighted by atomic mass is 79.9. The van der Waals surface area contributed by atoms with Crippen LogP contribution in [0.1, 0.15) is 11.8 Å². The van der Waals surface area contributed by atoms with Gasteiger partial charge in [-0.15, -0.1) is 17.9 Å². The molecule has 0 spiro atoms. The van der Waals surface area contributed by atoms with E-state index in [0.29, 0.717) is 0 Å². The molecule has 0 aliphatic rings. The summed E-state index contributed by atoms with van der Waals surface area (Å²) in [6.45, 7) is 7.10. The molecular formula is C11H16BrNS. The molecule has 0 fully saturated rings. The molecule has 1 N–H and O–H groups in total. The van der Waals surface area contributed by atoms with Crippen LogP contribution in [0.15, 0.2) is 28.6 Å². The third kappa shape index (κ3) is 3.23. The summed E-state index contributed by atoms with van der Waals surface area (Å²) in [5.74, 6) is 0. The van der Waals surface area contributed by atoms with Gasteiger partial charge in [0.05, 0.1) is 0 Å². The standard InChI is InChI=1S/C11H16BrNS/c1-4-11(2,8-13-3)6-10-5-9(12)7-14-10/h4-5,7,13H,1,6,8H2,2-3H3. The average molecular weight is 274 g/mol. The fraction of sp³-hybridized carbons (Fsp3) is 0.455. The van der Waals surface area contributed by atoms with Crippen LogP contribution >= 0.6 is 27.3 Å². The topological polar surface area (TPSA) is 12.0 Å². The van der Waals surface area contributed by atoms with E-state index < -0.39 is 0 Å². The van der Waals surface area contributed by atoms with Gasteiger partial charge in [-0.3, -0.25) is 0 Å². The SMILES string of the molecule is C=CC(C)(CNC)Cc1cc(Br)cs1. The lowest BCUT2D eigenvalue weighted by molar-refractivity contribution is 0.409. The summed E-state index contributed by atoms with van der Waals surface area (Å²) in [7, 11) is 1.98. The van der Waals surface area contributed by atoms with Crippen molar-refractivity contribution in [1.29, 1.82) is 0 Å². The maximum absolute atomic E-state index is 3.91. The van der Waals surface area contributed by atoms with Gasteiger partial charge in [0.2, 0.25) is 0 Å². The molecule has 0 aliphatic carbocycles. The maximum atomic E-state index is 3.91. The monoisotopic (exact) mass is 273 g/mol. The first kappa shape index (κ1) is 12.0. The molecule has 14 heavy (non-hydrogen) atoms. The van der Waals surface area contributed by atoms with Gasteiger partial charge in [-0.2, -0.15) is 0 Å². The van der Waals surface area contributed by atoms with Crippen LogP contribution in [0.5, 0.6) is 0 Å². The average Bonchev–Trinajstić information content (AvgIpc) is 2.51. The molecule has 3 heteroatoms. The van der Waals surface area contributed by atoms with E-state index in [0.717, 1.165) is 13.0 Å². The van der Waals surface area contributed by atoms with Crippen LogP contribution in [0.25, 0.3) is 0 Å². The predicted molar refractivity (Wildman–Crippen MR) is 68.0 cm³/mol. The van der Waals surface area contributed by atoms with E-state index in [1.54, 1.807) is 11.3 Å². The lowest BCUT2D eigenvalue weighted by Crippen LogP contribution is -2.29. The van der Waals surface area contributed by atoms with Gasteiger partial charge in [-0.1, -0.05) is 13.0 Å². The molecule has 0 radical (unpaired) electrons. The van der Waals surface area contributed by atoms with E-state index in [-0.39, 0.29) is 5.41 Å². The number of thiophene rings is 1. The number of hydrogen-bond acceptors (Lipinski definition) is 2. The zero-order valence-electron chi connectivity index (χ0n) is 8.64. The van der Waals surface area contributed by atoms with Crippen LogP contribution in [0.4, 0.5) is 0 Å². The first-order chi connectivity index (χ1) is 6.59. The molecule has 0 saturated carbocycles. The van der Waals surface area contributed by atoms with Crippen molar-refractivity contribution >= 4 is 27.3 Å². The third-order valence-electron chi connectivity index (χ3n) is 2.27. The summed E-state index contributed by atoms with van der Waals surface area (Å²) in [5, 5.41) is 5.33. The van der Waals surface area contributed by atoms with Crippen molar-refractivity contribution in [1.82, 2.24) is 5.32 Å². The molecule has 1 aromatic rings. The Morgan fingerprint density at radius 3 is 2.86 bits per heavy atom. The fourth-order valence-electron chi connectivity index (χ4n) is 1.46. The molecule has 0 aromatic carbocycles. The Bertz CT molecular complexity index is 308. The van der Waals surface area contributed by atoms with Gasteiger partial charge in [0.1, 0.15) is 0 Å². The van der Waals surface area contributed by atoms with Crippen molar-refractivity contribution in [3.05, 3.63) is 33.5 Å². The summed E-state index contributed by atoms with van der Waals surface area (Å²) in [5.41, 5.74) is 0.152. The van der Waals surface area contributed by atoms with E-state index in [9.17, 15) is 0 Å². The van der Waals surface area contributed by atoms with Gasteiger partial charge in [-0.25, -0.2) is 0 Å². The zero-order chi connectivity index (χ0) is 10.6. The van der Waals surface area contributed by atoms with E-state index >= 15 is 0 Å². The summed E-state index contributed by atoms with van der Waals surface area (Å²) in [4.78, 5) is 1.40. The van der Waals surface area contributed by atoms with Gasteiger partial charge >= 0.3 is 0 Å². The molecule has 1 unspecified atom stereocenters. The Balaban J connectivity index is 2.69. The minimum Gasteiger partial charge on any atom is -0.319 e. The number of rotatable bonds is 5. The molecule has 1 nitrogen and oxygen atoms in total. The Labute approximate surface area is 98.4 Å². The number of halogens is 1. The lowest BCUT2D eigenvalue weighted by atomic mass is 9.86. The van der Waals surface area contributed by atoms with Crippen molar-refractivity contribution in [2.24, 2.45) is 5.41 Å². The molecule has 0 saturated heterocycles. The molecular weight excluding hydrogens is 258 g/mol. The first-order valence-electron chi connectivity index (χ1n) is 4.61. The van der Waals surface area contributed by atoms with Crippen LogP contribution < -0.4 is 5.32 Å². The third-order valence-corrected chi connectivity index (χ3v) is 3.97. The summed E-state index contributed by atoms with van der Waals surface area (Å²) in [6.07, 6.45) is 3.09. The molecule has 0 aliphatic heterocycles. The van der Waals surface area contributed by atoms with Crippen LogP contribution in [0.2, 0.25) is 0 Å². The Morgan fingerprint density at radius 1 is 1.71 bits per heavy atom. The summed E-state index contributed by atoms with van der Waals surface area (Å²) < 4.78 is 1.17. The summed E-state index contributed by atoms with van der Waals surface area (Å²) in [6, 6.07) is 2.18. The van der Waals surface area contributed by atoms with Gasteiger partial charge in [0, 0.05) is 26.7 Å². The van der Waals surface area contributed by atoms with Crippen LogP contribution in [0.3, 0.4) is 0 Å². The smallest absolute Gasteiger partial charge is 0.0285 e. The predicted octanol–water partition coefficient (Wildman–Crippen LogP) is 3.46. The highest BCUT2D eigenvalue weighted by Crippen LogP contribution is 2.28. The van der Waals surface area contributed by atoms with Crippen molar-refractivity contribution in [3.8, 4) is 0 Å². The van der Waals surface area contributed by atoms with E-state index in [1.807, 2.05) is 13.1 Å². The number of nitrogens with one attached hydrogen (secondary N) is 1. The van der Waals surface area contributed by atoms with Gasteiger partial charge in [0.25, 0.3) is 0 Å². The zero-order valence-corrected chi connectivity index (χ0v) is 11.0. The second kappa shape index (κ2) is 5.10. The van der Waals surface area contributed by atoms with Crippen LogP contribution in [-0.4, -0.2) is 13.6 Å². The molecule has 78 valence electrons. The Morgan fingerprint density at radius 2 is 2.43 bits per heavy atom. The number of hydrogen-bond donors (Lipinski definition) is 1.